The molecule has 1 saturated heterocycles. The van der Waals surface area contributed by atoms with Gasteiger partial charge in [0, 0.05) is 13.7 Å². The van der Waals surface area contributed by atoms with Gasteiger partial charge in [0.15, 0.2) is 0 Å². The lowest BCUT2D eigenvalue weighted by Gasteiger charge is -2.36. The first-order valence-corrected chi connectivity index (χ1v) is 5.54. The van der Waals surface area contributed by atoms with Crippen LogP contribution in [0.4, 0.5) is 0 Å². The zero-order valence-corrected chi connectivity index (χ0v) is 10.7. The summed E-state index contributed by atoms with van der Waals surface area (Å²) >= 11 is 4.86. The molecule has 0 spiro atoms. The number of morpholine rings is 1. The molecule has 0 aromatic carbocycles. The van der Waals surface area contributed by atoms with Crippen LogP contribution in [-0.2, 0) is 14.3 Å². The third-order valence-electron chi connectivity index (χ3n) is 2.70. The second-order valence-electron chi connectivity index (χ2n) is 4.23. The van der Waals surface area contributed by atoms with Crippen LogP contribution in [0, 0.1) is 0 Å². The molecule has 16 heavy (non-hydrogen) atoms. The fraction of sp³-hybridized carbons (Fsp3) is 0.800. The summed E-state index contributed by atoms with van der Waals surface area (Å²) in [6.45, 7) is 4.88. The van der Waals surface area contributed by atoms with Crippen LogP contribution >= 0.6 is 12.2 Å². The zero-order chi connectivity index (χ0) is 12.3. The number of thiocarbonyl (C=S) groups is 1. The lowest BCUT2D eigenvalue weighted by Crippen LogP contribution is -2.55. The molecule has 0 radical (unpaired) electrons. The molecule has 5 nitrogen and oxygen atoms in total. The maximum atomic E-state index is 12.1. The second-order valence-corrected chi connectivity index (χ2v) is 4.70. The van der Waals surface area contributed by atoms with Crippen LogP contribution in [0.15, 0.2) is 0 Å². The number of hydrogen-bond acceptors (Lipinski definition) is 4. The summed E-state index contributed by atoms with van der Waals surface area (Å²) in [7, 11) is 1.52. The van der Waals surface area contributed by atoms with E-state index in [2.05, 4.69) is 0 Å². The molecule has 1 aliphatic rings. The largest absolute Gasteiger partial charge is 0.391 e. The number of rotatable bonds is 3. The quantitative estimate of drug-likeness (QED) is 0.706. The minimum absolute atomic E-state index is 0.0699. The molecule has 1 fully saturated rings. The molecule has 92 valence electrons. The Kier molecular flexibility index (Phi) is 4.23. The third-order valence-corrected chi connectivity index (χ3v) is 2.96. The predicted molar refractivity (Wildman–Crippen MR) is 64.2 cm³/mol. The van der Waals surface area contributed by atoms with Gasteiger partial charge in [0.05, 0.1) is 13.2 Å². The van der Waals surface area contributed by atoms with Crippen molar-refractivity contribution in [2.24, 2.45) is 5.73 Å². The van der Waals surface area contributed by atoms with Crippen LogP contribution in [0.3, 0.4) is 0 Å². The molecule has 1 heterocycles. The summed E-state index contributed by atoms with van der Waals surface area (Å²) in [6, 6.07) is 0. The summed E-state index contributed by atoms with van der Waals surface area (Å²) in [5, 5.41) is 0. The van der Waals surface area contributed by atoms with E-state index in [1.54, 1.807) is 18.7 Å². The van der Waals surface area contributed by atoms with Crippen molar-refractivity contribution in [2.75, 3.05) is 26.8 Å². The molecule has 1 unspecified atom stereocenters. The van der Waals surface area contributed by atoms with Crippen LogP contribution in [0.2, 0.25) is 0 Å². The molecule has 0 bridgehead atoms. The van der Waals surface area contributed by atoms with E-state index in [4.69, 9.17) is 27.4 Å². The molecule has 1 aliphatic heterocycles. The lowest BCUT2D eigenvalue weighted by atomic mass is 10.1. The standard InChI is InChI=1S/C10H18N2O3S/c1-10(2,14-3)9(13)12-4-5-15-7(6-12)8(11)16/h7H,4-6H2,1-3H3,(H2,11,16). The number of amides is 1. The second kappa shape index (κ2) is 5.07. The van der Waals surface area contributed by atoms with Crippen LogP contribution in [-0.4, -0.2) is 54.3 Å². The number of nitrogens with two attached hydrogens (primary N) is 1. The van der Waals surface area contributed by atoms with E-state index in [1.807, 2.05) is 0 Å². The highest BCUT2D eigenvalue weighted by atomic mass is 32.1. The van der Waals surface area contributed by atoms with Crippen molar-refractivity contribution in [2.45, 2.75) is 25.6 Å². The third kappa shape index (κ3) is 2.90. The minimum atomic E-state index is -0.821. The fourth-order valence-corrected chi connectivity index (χ4v) is 1.62. The molecule has 0 aromatic heterocycles. The van der Waals surface area contributed by atoms with Crippen molar-refractivity contribution < 1.29 is 14.3 Å². The van der Waals surface area contributed by atoms with Crippen molar-refractivity contribution >= 4 is 23.1 Å². The molecular weight excluding hydrogens is 228 g/mol. The summed E-state index contributed by atoms with van der Waals surface area (Å²) in [5.74, 6) is -0.0699. The van der Waals surface area contributed by atoms with Gasteiger partial charge in [0.25, 0.3) is 5.91 Å². The maximum Gasteiger partial charge on any atom is 0.254 e. The maximum absolute atomic E-state index is 12.1. The fourth-order valence-electron chi connectivity index (χ4n) is 1.47. The van der Waals surface area contributed by atoms with Crippen molar-refractivity contribution in [1.82, 2.24) is 4.90 Å². The molecular formula is C10H18N2O3S. The Morgan fingerprint density at radius 1 is 1.62 bits per heavy atom. The molecule has 1 amide bonds. The number of carbonyl (C=O) groups excluding carboxylic acids is 1. The Bertz CT molecular complexity index is 294. The molecule has 1 rings (SSSR count). The molecule has 6 heteroatoms. The van der Waals surface area contributed by atoms with Crippen LogP contribution in [0.1, 0.15) is 13.8 Å². The van der Waals surface area contributed by atoms with E-state index in [0.717, 1.165) is 0 Å². The van der Waals surface area contributed by atoms with Gasteiger partial charge in [0.1, 0.15) is 16.7 Å². The number of hydrogen-bond donors (Lipinski definition) is 1. The number of nitrogens with zero attached hydrogens (tertiary/aromatic N) is 1. The highest BCUT2D eigenvalue weighted by Crippen LogP contribution is 2.15. The van der Waals surface area contributed by atoms with Crippen molar-refractivity contribution in [3.8, 4) is 0 Å². The summed E-state index contributed by atoms with van der Waals surface area (Å²) < 4.78 is 10.5. The Hall–Kier alpha value is -0.720. The van der Waals surface area contributed by atoms with E-state index >= 15 is 0 Å². The first kappa shape index (κ1) is 13.3. The number of carbonyl (C=O) groups is 1. The van der Waals surface area contributed by atoms with Crippen molar-refractivity contribution in [3.05, 3.63) is 0 Å². The van der Waals surface area contributed by atoms with Gasteiger partial charge in [0.2, 0.25) is 0 Å². The average Bonchev–Trinajstić information content (AvgIpc) is 2.28. The smallest absolute Gasteiger partial charge is 0.254 e. The molecule has 1 atom stereocenters. The van der Waals surface area contributed by atoms with Gasteiger partial charge in [-0.3, -0.25) is 4.79 Å². The summed E-state index contributed by atoms with van der Waals surface area (Å²) in [4.78, 5) is 14.0. The average molecular weight is 246 g/mol. The van der Waals surface area contributed by atoms with Gasteiger partial charge in [-0.25, -0.2) is 0 Å². The van der Waals surface area contributed by atoms with Gasteiger partial charge < -0.3 is 20.1 Å². The van der Waals surface area contributed by atoms with E-state index in [9.17, 15) is 4.79 Å². The SMILES string of the molecule is COC(C)(C)C(=O)N1CCOC(C(N)=S)C1. The zero-order valence-electron chi connectivity index (χ0n) is 9.86. The predicted octanol–water partition coefficient (Wildman–Crippen LogP) is -0.0751. The van der Waals surface area contributed by atoms with E-state index in [-0.39, 0.29) is 17.0 Å². The Balaban J connectivity index is 2.67. The van der Waals surface area contributed by atoms with Gasteiger partial charge >= 0.3 is 0 Å². The molecule has 0 saturated carbocycles. The lowest BCUT2D eigenvalue weighted by molar-refractivity contribution is -0.156. The molecule has 0 aliphatic carbocycles. The first-order valence-electron chi connectivity index (χ1n) is 5.14. The number of methoxy groups -OCH3 is 1. The van der Waals surface area contributed by atoms with Crippen molar-refractivity contribution in [1.29, 1.82) is 0 Å². The van der Waals surface area contributed by atoms with Gasteiger partial charge in [-0.05, 0) is 13.8 Å². The van der Waals surface area contributed by atoms with Gasteiger partial charge in [-0.1, -0.05) is 12.2 Å². The Labute approximate surface area is 101 Å². The Morgan fingerprint density at radius 2 is 2.25 bits per heavy atom. The van der Waals surface area contributed by atoms with Crippen LogP contribution in [0.5, 0.6) is 0 Å². The highest BCUT2D eigenvalue weighted by Gasteiger charge is 2.35. The van der Waals surface area contributed by atoms with Crippen LogP contribution < -0.4 is 5.73 Å². The van der Waals surface area contributed by atoms with Gasteiger partial charge in [-0.2, -0.15) is 0 Å². The minimum Gasteiger partial charge on any atom is -0.391 e. The van der Waals surface area contributed by atoms with E-state index < -0.39 is 5.60 Å². The van der Waals surface area contributed by atoms with Crippen molar-refractivity contribution in [3.63, 3.8) is 0 Å². The summed E-state index contributed by atoms with van der Waals surface area (Å²) in [5.41, 5.74) is 4.69. The van der Waals surface area contributed by atoms with E-state index in [1.165, 1.54) is 7.11 Å². The van der Waals surface area contributed by atoms with Crippen LogP contribution in [0.25, 0.3) is 0 Å². The molecule has 0 aromatic rings. The molecule has 2 N–H and O–H groups in total. The summed E-state index contributed by atoms with van der Waals surface area (Å²) in [6.07, 6.45) is -0.347. The number of ether oxygens (including phenoxy) is 2. The Morgan fingerprint density at radius 3 is 2.75 bits per heavy atom. The van der Waals surface area contributed by atoms with Gasteiger partial charge in [-0.15, -0.1) is 0 Å². The topological polar surface area (TPSA) is 64.8 Å². The normalized spacial score (nSPS) is 21.9. The van der Waals surface area contributed by atoms with E-state index in [0.29, 0.717) is 19.7 Å². The highest BCUT2D eigenvalue weighted by molar-refractivity contribution is 7.80. The first-order chi connectivity index (χ1) is 7.38. The monoisotopic (exact) mass is 246 g/mol.